The zero-order valence-electron chi connectivity index (χ0n) is 37.8. The van der Waals surface area contributed by atoms with Crippen LogP contribution in [-0.2, 0) is 32.7 Å². The van der Waals surface area contributed by atoms with E-state index in [1.807, 2.05) is 39.4 Å². The first-order valence-corrected chi connectivity index (χ1v) is 24.2. The molecule has 0 rings (SSSR count). The van der Waals surface area contributed by atoms with E-state index in [1.165, 1.54) is 70.6 Å². The van der Waals surface area contributed by atoms with Gasteiger partial charge in [0.25, 0.3) is 7.82 Å². The number of aliphatic hydroxyl groups excluding tert-OH is 1. The first-order chi connectivity index (χ1) is 28.4. The fourth-order valence-corrected chi connectivity index (χ4v) is 6.49. The second-order valence-electron chi connectivity index (χ2n) is 16.2. The maximum atomic E-state index is 12.7. The van der Waals surface area contributed by atoms with Crippen LogP contribution in [0.3, 0.4) is 0 Å². The molecule has 3 atom stereocenters. The number of nitrogens with zero attached hydrogens (tertiary/aromatic N) is 1. The molecule has 10 nitrogen and oxygen atoms in total. The van der Waals surface area contributed by atoms with Crippen molar-refractivity contribution in [2.24, 2.45) is 0 Å². The molecule has 0 spiro atoms. The van der Waals surface area contributed by atoms with Crippen molar-refractivity contribution in [3.63, 3.8) is 0 Å². The Bertz CT molecular complexity index is 1250. The Morgan fingerprint density at radius 2 is 1.19 bits per heavy atom. The summed E-state index contributed by atoms with van der Waals surface area (Å²) in [6, 6.07) is 0. The lowest BCUT2D eigenvalue weighted by Gasteiger charge is -2.28. The Morgan fingerprint density at radius 1 is 0.644 bits per heavy atom. The number of hydrogen-bond acceptors (Lipinski definition) is 9. The van der Waals surface area contributed by atoms with E-state index >= 15 is 0 Å². The summed E-state index contributed by atoms with van der Waals surface area (Å²) in [6.45, 7) is 3.90. The summed E-state index contributed by atoms with van der Waals surface area (Å²) in [6.07, 6.45) is 45.3. The number of likely N-dealkylation sites (N-methyl/N-ethyl adjacent to an activating group) is 1. The van der Waals surface area contributed by atoms with Crippen molar-refractivity contribution in [3.05, 3.63) is 72.9 Å². The van der Waals surface area contributed by atoms with E-state index in [2.05, 4.69) is 50.3 Å². The molecule has 0 bridgehead atoms. The lowest BCUT2D eigenvalue weighted by atomic mass is 10.0. The second kappa shape index (κ2) is 39.5. The molecule has 59 heavy (non-hydrogen) atoms. The summed E-state index contributed by atoms with van der Waals surface area (Å²) in [7, 11) is 1.06. The van der Waals surface area contributed by atoms with E-state index in [9.17, 15) is 24.2 Å². The summed E-state index contributed by atoms with van der Waals surface area (Å²) in [5, 5.41) is 10.2. The van der Waals surface area contributed by atoms with Crippen molar-refractivity contribution in [1.82, 2.24) is 0 Å². The molecule has 0 saturated carbocycles. The highest BCUT2D eigenvalue weighted by atomic mass is 31.2. The number of ether oxygens (including phenoxy) is 2. The largest absolute Gasteiger partial charge is 0.756 e. The van der Waals surface area contributed by atoms with Crippen LogP contribution in [0.2, 0.25) is 0 Å². The van der Waals surface area contributed by atoms with E-state index in [-0.39, 0.29) is 26.1 Å². The molecule has 0 aliphatic rings. The molecule has 0 aliphatic carbocycles. The molecule has 0 amide bonds. The van der Waals surface area contributed by atoms with Gasteiger partial charge in [-0.3, -0.25) is 14.2 Å². The predicted octanol–water partition coefficient (Wildman–Crippen LogP) is 11.4. The minimum Gasteiger partial charge on any atom is -0.756 e. The van der Waals surface area contributed by atoms with Crippen molar-refractivity contribution in [2.75, 3.05) is 47.5 Å². The molecule has 0 saturated heterocycles. The van der Waals surface area contributed by atoms with Crippen LogP contribution in [0.1, 0.15) is 162 Å². The normalized spacial score (nSPS) is 14.8. The van der Waals surface area contributed by atoms with Gasteiger partial charge in [-0.05, 0) is 44.9 Å². The highest BCUT2D eigenvalue weighted by Gasteiger charge is 2.21. The number of aliphatic hydroxyl groups is 1. The molecule has 0 aromatic carbocycles. The van der Waals surface area contributed by atoms with Gasteiger partial charge in [0.15, 0.2) is 6.10 Å². The number of allylic oxidation sites excluding steroid dienone is 10. The SMILES string of the molecule is CC/C=C\C/C=C\C/C=C\C/C=C\C=C/C(O)C/C=C\CCC(=O)OC[C@H](COP(=O)([O-])OCC[N+](C)(C)C)OC(=O)CCCCCCCCCCCCCCCCC. The van der Waals surface area contributed by atoms with Gasteiger partial charge in [0.2, 0.25) is 0 Å². The molecule has 11 heteroatoms. The van der Waals surface area contributed by atoms with Crippen LogP contribution in [-0.4, -0.2) is 81.2 Å². The lowest BCUT2D eigenvalue weighted by Crippen LogP contribution is -2.37. The van der Waals surface area contributed by atoms with Crippen LogP contribution in [0.15, 0.2) is 72.9 Å². The first kappa shape index (κ1) is 56.4. The Labute approximate surface area is 360 Å². The zero-order valence-corrected chi connectivity index (χ0v) is 38.7. The van der Waals surface area contributed by atoms with Gasteiger partial charge in [0.05, 0.1) is 33.9 Å². The highest BCUT2D eigenvalue weighted by molar-refractivity contribution is 7.45. The van der Waals surface area contributed by atoms with Gasteiger partial charge < -0.3 is 33.0 Å². The average molecular weight is 850 g/mol. The number of phosphoric acid groups is 1. The number of carbonyl (C=O) groups is 2. The first-order valence-electron chi connectivity index (χ1n) is 22.8. The highest BCUT2D eigenvalue weighted by Crippen LogP contribution is 2.38. The fraction of sp³-hybridized carbons (Fsp3) is 0.708. The van der Waals surface area contributed by atoms with E-state index in [4.69, 9.17) is 18.5 Å². The molecule has 0 aromatic rings. The van der Waals surface area contributed by atoms with Crippen LogP contribution in [0, 0.1) is 0 Å². The molecule has 340 valence electrons. The van der Waals surface area contributed by atoms with Crippen LogP contribution in [0.4, 0.5) is 0 Å². The van der Waals surface area contributed by atoms with Crippen molar-refractivity contribution < 1.29 is 47.2 Å². The van der Waals surface area contributed by atoms with Gasteiger partial charge in [-0.25, -0.2) is 0 Å². The molecule has 0 aromatic heterocycles. The van der Waals surface area contributed by atoms with Gasteiger partial charge >= 0.3 is 11.9 Å². The van der Waals surface area contributed by atoms with Gasteiger partial charge in [-0.15, -0.1) is 0 Å². The minimum absolute atomic E-state index is 0.0605. The van der Waals surface area contributed by atoms with Crippen LogP contribution in [0.25, 0.3) is 0 Å². The number of unbranched alkanes of at least 4 members (excludes halogenated alkanes) is 14. The standard InChI is InChI=1S/C48H84NO9P/c1-6-8-10-12-14-16-18-20-21-23-25-27-29-31-35-40-48(52)58-46(44-57-59(53,54)56-42-41-49(3,4)5)43-55-47(51)39-36-32-34-38-45(50)37-33-30-28-26-24-22-19-17-15-13-11-9-7-2/h9,11,15,17,22,24,28,30,32-34,37,45-46,50H,6-8,10,12-14,16,18-21,23,25-27,29,31,35-36,38-44H2,1-5H3/b11-9-,17-15-,24-22-,30-28-,34-32-,37-33-/t45?,46-/m1/s1. The number of quaternary nitrogens is 1. The van der Waals surface area contributed by atoms with Crippen molar-refractivity contribution >= 4 is 19.8 Å². The Kier molecular flexibility index (Phi) is 37.8. The summed E-state index contributed by atoms with van der Waals surface area (Å²) in [4.78, 5) is 37.6. The van der Waals surface area contributed by atoms with Crippen LogP contribution < -0.4 is 4.89 Å². The van der Waals surface area contributed by atoms with Crippen molar-refractivity contribution in [3.8, 4) is 0 Å². The van der Waals surface area contributed by atoms with Crippen LogP contribution in [0.5, 0.6) is 0 Å². The molecule has 0 heterocycles. The summed E-state index contributed by atoms with van der Waals surface area (Å²) in [5.74, 6) is -1.02. The quantitative estimate of drug-likeness (QED) is 0.0160. The average Bonchev–Trinajstić information content (AvgIpc) is 3.18. The Morgan fingerprint density at radius 3 is 1.75 bits per heavy atom. The summed E-state index contributed by atoms with van der Waals surface area (Å²) in [5.41, 5.74) is 0. The number of hydrogen-bond donors (Lipinski definition) is 1. The Hall–Kier alpha value is -2.59. The van der Waals surface area contributed by atoms with Gasteiger partial charge in [0, 0.05) is 12.8 Å². The van der Waals surface area contributed by atoms with Crippen LogP contribution >= 0.6 is 7.82 Å². The molecule has 2 unspecified atom stereocenters. The van der Waals surface area contributed by atoms with Crippen molar-refractivity contribution in [2.45, 2.75) is 174 Å². The van der Waals surface area contributed by atoms with Gasteiger partial charge in [-0.2, -0.15) is 0 Å². The molecule has 0 fully saturated rings. The number of rotatable bonds is 40. The topological polar surface area (TPSA) is 131 Å². The van der Waals surface area contributed by atoms with E-state index < -0.39 is 38.6 Å². The number of phosphoric ester groups is 1. The smallest absolute Gasteiger partial charge is 0.306 e. The van der Waals surface area contributed by atoms with Crippen molar-refractivity contribution in [1.29, 1.82) is 0 Å². The van der Waals surface area contributed by atoms with Gasteiger partial charge in [0.1, 0.15) is 19.8 Å². The minimum atomic E-state index is -4.67. The molecular weight excluding hydrogens is 765 g/mol. The lowest BCUT2D eigenvalue weighted by molar-refractivity contribution is -0.870. The molecule has 0 aliphatic heterocycles. The molecule has 0 radical (unpaired) electrons. The summed E-state index contributed by atoms with van der Waals surface area (Å²) < 4.78 is 33.8. The van der Waals surface area contributed by atoms with E-state index in [1.54, 1.807) is 18.2 Å². The van der Waals surface area contributed by atoms with E-state index in [0.29, 0.717) is 30.3 Å². The third-order valence-corrected chi connectivity index (χ3v) is 10.3. The van der Waals surface area contributed by atoms with E-state index in [0.717, 1.165) is 44.9 Å². The number of carbonyl (C=O) groups excluding carboxylic acids is 2. The summed E-state index contributed by atoms with van der Waals surface area (Å²) >= 11 is 0. The molecular formula is C48H84NO9P. The maximum Gasteiger partial charge on any atom is 0.306 e. The second-order valence-corrected chi connectivity index (χ2v) is 17.7. The number of esters is 2. The maximum absolute atomic E-state index is 12.7. The monoisotopic (exact) mass is 850 g/mol. The third kappa shape index (κ3) is 43.3. The molecule has 1 N–H and O–H groups in total. The predicted molar refractivity (Wildman–Crippen MR) is 242 cm³/mol. The third-order valence-electron chi connectivity index (χ3n) is 9.33. The zero-order chi connectivity index (χ0) is 43.7. The Balaban J connectivity index is 4.55. The van der Waals surface area contributed by atoms with Gasteiger partial charge in [-0.1, -0.05) is 177 Å². The fourth-order valence-electron chi connectivity index (χ4n) is 5.76.